The van der Waals surface area contributed by atoms with Crippen LogP contribution in [0.4, 0.5) is 0 Å². The molecule has 0 aliphatic heterocycles. The molecule has 2 atom stereocenters. The number of esters is 1. The average Bonchev–Trinajstić information content (AvgIpc) is 2.76. The summed E-state index contributed by atoms with van der Waals surface area (Å²) in [4.78, 5) is 36.9. The fourth-order valence-electron chi connectivity index (χ4n) is 2.66. The highest BCUT2D eigenvalue weighted by molar-refractivity contribution is 7.98. The van der Waals surface area contributed by atoms with E-state index in [0.717, 1.165) is 5.56 Å². The third kappa shape index (κ3) is 7.62. The van der Waals surface area contributed by atoms with E-state index in [0.29, 0.717) is 17.7 Å². The first kappa shape index (κ1) is 22.5. The summed E-state index contributed by atoms with van der Waals surface area (Å²) in [7, 11) is 0. The van der Waals surface area contributed by atoms with E-state index in [9.17, 15) is 14.4 Å². The topological polar surface area (TPSA) is 84.5 Å². The maximum absolute atomic E-state index is 12.4. The number of ether oxygens (including phenoxy) is 1. The number of carbonyl (C=O) groups is 3. The second kappa shape index (κ2) is 11.9. The average molecular weight is 415 g/mol. The molecule has 29 heavy (non-hydrogen) atoms. The van der Waals surface area contributed by atoms with E-state index >= 15 is 0 Å². The van der Waals surface area contributed by atoms with Gasteiger partial charge in [0.15, 0.2) is 6.61 Å². The van der Waals surface area contributed by atoms with Gasteiger partial charge >= 0.3 is 5.97 Å². The molecule has 2 rings (SSSR count). The number of nitrogens with one attached hydrogen (secondary N) is 2. The lowest BCUT2D eigenvalue weighted by molar-refractivity contribution is -0.150. The van der Waals surface area contributed by atoms with Gasteiger partial charge in [-0.05, 0) is 43.0 Å². The van der Waals surface area contributed by atoms with E-state index in [2.05, 4.69) is 10.6 Å². The molecule has 7 heteroatoms. The highest BCUT2D eigenvalue weighted by atomic mass is 32.2. The van der Waals surface area contributed by atoms with E-state index in [1.165, 1.54) is 0 Å². The molecule has 0 heterocycles. The summed E-state index contributed by atoms with van der Waals surface area (Å²) in [5.41, 5.74) is 1.42. The Balaban J connectivity index is 1.88. The van der Waals surface area contributed by atoms with Gasteiger partial charge in [0.1, 0.15) is 6.04 Å². The van der Waals surface area contributed by atoms with Crippen molar-refractivity contribution in [3.8, 4) is 0 Å². The van der Waals surface area contributed by atoms with Crippen LogP contribution in [0.5, 0.6) is 0 Å². The Morgan fingerprint density at radius 1 is 0.966 bits per heavy atom. The Bertz CT molecular complexity index is 799. The summed E-state index contributed by atoms with van der Waals surface area (Å²) in [6.07, 6.45) is 2.33. The molecule has 0 aliphatic carbocycles. The molecule has 0 saturated carbocycles. The fraction of sp³-hybridized carbons (Fsp3) is 0.318. The zero-order chi connectivity index (χ0) is 21.1. The Labute approximate surface area is 175 Å². The first-order chi connectivity index (χ1) is 14.0. The van der Waals surface area contributed by atoms with Crippen molar-refractivity contribution >= 4 is 29.5 Å². The first-order valence-corrected chi connectivity index (χ1v) is 10.8. The molecule has 2 N–H and O–H groups in total. The van der Waals surface area contributed by atoms with Crippen LogP contribution in [0.25, 0.3) is 0 Å². The Morgan fingerprint density at radius 3 is 2.21 bits per heavy atom. The van der Waals surface area contributed by atoms with Crippen LogP contribution in [0.3, 0.4) is 0 Å². The van der Waals surface area contributed by atoms with Gasteiger partial charge in [-0.3, -0.25) is 9.59 Å². The predicted molar refractivity (Wildman–Crippen MR) is 115 cm³/mol. The van der Waals surface area contributed by atoms with Crippen LogP contribution < -0.4 is 10.6 Å². The summed E-state index contributed by atoms with van der Waals surface area (Å²) in [6.45, 7) is 1.46. The van der Waals surface area contributed by atoms with Gasteiger partial charge in [-0.2, -0.15) is 11.8 Å². The number of carbonyl (C=O) groups excluding carboxylic acids is 3. The standard InChI is InChI=1S/C22H26N2O4S/c1-16(17-9-5-3-6-10-17)23-20(25)15-28-22(27)19(13-14-29-2)24-21(26)18-11-7-4-8-12-18/h3-12,16,19H,13-15H2,1-2H3,(H,23,25)(H,24,26)/t16-,19+/m0/s1. The SMILES string of the molecule is CSCC[C@@H](NC(=O)c1ccccc1)C(=O)OCC(=O)N[C@@H](C)c1ccccc1. The van der Waals surface area contributed by atoms with Crippen molar-refractivity contribution < 1.29 is 19.1 Å². The van der Waals surface area contributed by atoms with E-state index in [1.54, 1.807) is 36.0 Å². The third-order valence-electron chi connectivity index (χ3n) is 4.26. The van der Waals surface area contributed by atoms with Gasteiger partial charge in [0.2, 0.25) is 0 Å². The summed E-state index contributed by atoms with van der Waals surface area (Å²) >= 11 is 1.56. The zero-order valence-electron chi connectivity index (χ0n) is 16.6. The highest BCUT2D eigenvalue weighted by Gasteiger charge is 2.23. The van der Waals surface area contributed by atoms with Gasteiger partial charge in [0.25, 0.3) is 11.8 Å². The molecule has 2 aromatic rings. The molecule has 2 amide bonds. The molecule has 6 nitrogen and oxygen atoms in total. The van der Waals surface area contributed by atoms with Crippen molar-refractivity contribution in [2.24, 2.45) is 0 Å². The van der Waals surface area contributed by atoms with Crippen molar-refractivity contribution in [2.75, 3.05) is 18.6 Å². The number of thioether (sulfide) groups is 1. The van der Waals surface area contributed by atoms with Crippen molar-refractivity contribution in [1.29, 1.82) is 0 Å². The molecular formula is C22H26N2O4S. The Morgan fingerprint density at radius 2 is 1.59 bits per heavy atom. The lowest BCUT2D eigenvalue weighted by Crippen LogP contribution is -2.43. The van der Waals surface area contributed by atoms with E-state index in [1.807, 2.05) is 49.6 Å². The second-order valence-corrected chi connectivity index (χ2v) is 7.47. The van der Waals surface area contributed by atoms with Gasteiger partial charge in [-0.1, -0.05) is 48.5 Å². The van der Waals surface area contributed by atoms with Crippen LogP contribution in [0.2, 0.25) is 0 Å². The van der Waals surface area contributed by atoms with Crippen molar-refractivity contribution in [3.05, 3.63) is 71.8 Å². The molecular weight excluding hydrogens is 388 g/mol. The summed E-state index contributed by atoms with van der Waals surface area (Å²) < 4.78 is 5.16. The van der Waals surface area contributed by atoms with Gasteiger partial charge in [-0.25, -0.2) is 4.79 Å². The third-order valence-corrected chi connectivity index (χ3v) is 4.90. The maximum atomic E-state index is 12.4. The smallest absolute Gasteiger partial charge is 0.329 e. The van der Waals surface area contributed by atoms with Gasteiger partial charge in [-0.15, -0.1) is 0 Å². The lowest BCUT2D eigenvalue weighted by atomic mass is 10.1. The van der Waals surface area contributed by atoms with E-state index in [4.69, 9.17) is 4.74 Å². The molecule has 0 radical (unpaired) electrons. The van der Waals surface area contributed by atoms with Crippen molar-refractivity contribution in [3.63, 3.8) is 0 Å². The molecule has 0 spiro atoms. The normalized spacial score (nSPS) is 12.5. The summed E-state index contributed by atoms with van der Waals surface area (Å²) in [5.74, 6) is -0.694. The molecule has 0 aliphatic rings. The van der Waals surface area contributed by atoms with Crippen molar-refractivity contribution in [2.45, 2.75) is 25.4 Å². The van der Waals surface area contributed by atoms with Crippen LogP contribution >= 0.6 is 11.8 Å². The van der Waals surface area contributed by atoms with Gasteiger partial charge in [0, 0.05) is 5.56 Å². The number of hydrogen-bond donors (Lipinski definition) is 2. The zero-order valence-corrected chi connectivity index (χ0v) is 17.4. The lowest BCUT2D eigenvalue weighted by Gasteiger charge is -2.18. The fourth-order valence-corrected chi connectivity index (χ4v) is 3.13. The molecule has 0 unspecified atom stereocenters. The summed E-state index contributed by atoms with van der Waals surface area (Å²) in [6, 6.07) is 17.2. The largest absolute Gasteiger partial charge is 0.454 e. The maximum Gasteiger partial charge on any atom is 0.329 e. The quantitative estimate of drug-likeness (QED) is 0.584. The molecule has 0 fully saturated rings. The van der Waals surface area contributed by atoms with Crippen LogP contribution in [0.1, 0.15) is 35.3 Å². The van der Waals surface area contributed by atoms with E-state index in [-0.39, 0.29) is 11.9 Å². The molecule has 0 saturated heterocycles. The second-order valence-electron chi connectivity index (χ2n) is 6.48. The highest BCUT2D eigenvalue weighted by Crippen LogP contribution is 2.11. The number of rotatable bonds is 10. The minimum atomic E-state index is -0.811. The Kier molecular flexibility index (Phi) is 9.24. The molecule has 154 valence electrons. The molecule has 2 aromatic carbocycles. The van der Waals surface area contributed by atoms with Crippen molar-refractivity contribution in [1.82, 2.24) is 10.6 Å². The van der Waals surface area contributed by atoms with Gasteiger partial charge in [0.05, 0.1) is 6.04 Å². The predicted octanol–water partition coefficient (Wildman–Crippen LogP) is 2.96. The minimum absolute atomic E-state index is 0.201. The number of amides is 2. The number of benzene rings is 2. The first-order valence-electron chi connectivity index (χ1n) is 9.37. The monoisotopic (exact) mass is 414 g/mol. The van der Waals surface area contributed by atoms with Crippen LogP contribution in [0.15, 0.2) is 60.7 Å². The van der Waals surface area contributed by atoms with Crippen LogP contribution in [0, 0.1) is 0 Å². The van der Waals surface area contributed by atoms with Crippen LogP contribution in [-0.2, 0) is 14.3 Å². The molecule has 0 aromatic heterocycles. The van der Waals surface area contributed by atoms with Gasteiger partial charge < -0.3 is 15.4 Å². The molecule has 0 bridgehead atoms. The summed E-state index contributed by atoms with van der Waals surface area (Å²) in [5, 5.41) is 5.49. The number of hydrogen-bond acceptors (Lipinski definition) is 5. The Hall–Kier alpha value is -2.80. The minimum Gasteiger partial charge on any atom is -0.454 e. The van der Waals surface area contributed by atoms with Crippen LogP contribution in [-0.4, -0.2) is 42.4 Å². The van der Waals surface area contributed by atoms with E-state index < -0.39 is 24.5 Å².